The summed E-state index contributed by atoms with van der Waals surface area (Å²) in [4.78, 5) is 12.6. The number of sulfonamides is 1. The van der Waals surface area contributed by atoms with E-state index in [1.165, 1.54) is 12.1 Å². The van der Waals surface area contributed by atoms with E-state index in [4.69, 9.17) is 4.74 Å². The number of rotatable bonds is 4. The molecule has 1 aliphatic rings. The molecule has 0 saturated carbocycles. The number of carbonyl (C=O) groups is 1. The molecular formula is C18H17F3N2O5S. The fourth-order valence-electron chi connectivity index (χ4n) is 2.77. The summed E-state index contributed by atoms with van der Waals surface area (Å²) < 4.78 is 71.5. The van der Waals surface area contributed by atoms with Crippen LogP contribution in [0.1, 0.15) is 5.56 Å². The second kappa shape index (κ2) is 7.47. The van der Waals surface area contributed by atoms with Crippen molar-refractivity contribution in [1.82, 2.24) is 0 Å². The Labute approximate surface area is 165 Å². The van der Waals surface area contributed by atoms with Gasteiger partial charge in [-0.15, -0.1) is 13.2 Å². The van der Waals surface area contributed by atoms with Crippen LogP contribution < -0.4 is 19.1 Å². The predicted molar refractivity (Wildman–Crippen MR) is 99.5 cm³/mol. The zero-order valence-corrected chi connectivity index (χ0v) is 16.2. The lowest BCUT2D eigenvalue weighted by molar-refractivity contribution is -0.274. The standard InChI is InChI=1S/C18H17F3N2O5S/c1-11-3-8-15-14(9-11)23(29(2,25)26)10-16(27-15)17(24)22-12-4-6-13(7-5-12)28-18(19,20)21/h3-9,16H,10H2,1-2H3,(H,22,24)/t16-/m0/s1. The van der Waals surface area contributed by atoms with Gasteiger partial charge < -0.3 is 14.8 Å². The summed E-state index contributed by atoms with van der Waals surface area (Å²) in [7, 11) is -3.67. The molecule has 2 aromatic carbocycles. The maximum Gasteiger partial charge on any atom is 0.573 e. The number of aryl methyl sites for hydroxylation is 1. The van der Waals surface area contributed by atoms with Crippen LogP contribution in [0.25, 0.3) is 0 Å². The molecule has 1 N–H and O–H groups in total. The van der Waals surface area contributed by atoms with Crippen LogP contribution in [0.3, 0.4) is 0 Å². The van der Waals surface area contributed by atoms with Gasteiger partial charge in [-0.25, -0.2) is 8.42 Å². The number of hydrogen-bond donors (Lipinski definition) is 1. The fraction of sp³-hybridized carbons (Fsp3) is 0.278. The van der Waals surface area contributed by atoms with Crippen LogP contribution in [0.15, 0.2) is 42.5 Å². The van der Waals surface area contributed by atoms with E-state index in [1.54, 1.807) is 25.1 Å². The third-order valence-electron chi connectivity index (χ3n) is 4.03. The van der Waals surface area contributed by atoms with Gasteiger partial charge in [-0.1, -0.05) is 6.07 Å². The highest BCUT2D eigenvalue weighted by Crippen LogP contribution is 2.36. The minimum atomic E-state index is -4.82. The summed E-state index contributed by atoms with van der Waals surface area (Å²) in [5.41, 5.74) is 1.36. The first kappa shape index (κ1) is 20.8. The smallest absolute Gasteiger partial charge is 0.476 e. The number of amides is 1. The van der Waals surface area contributed by atoms with Crippen LogP contribution in [-0.4, -0.2) is 39.6 Å². The van der Waals surface area contributed by atoms with Crippen LogP contribution in [-0.2, 0) is 14.8 Å². The number of hydrogen-bond acceptors (Lipinski definition) is 5. The van der Waals surface area contributed by atoms with Crippen molar-refractivity contribution in [2.45, 2.75) is 19.4 Å². The molecule has 11 heteroatoms. The van der Waals surface area contributed by atoms with Crippen LogP contribution in [0.5, 0.6) is 11.5 Å². The molecule has 7 nitrogen and oxygen atoms in total. The van der Waals surface area contributed by atoms with E-state index < -0.39 is 34.1 Å². The lowest BCUT2D eigenvalue weighted by atomic mass is 10.1. The Kier molecular flexibility index (Phi) is 5.35. The average molecular weight is 430 g/mol. The predicted octanol–water partition coefficient (Wildman–Crippen LogP) is 3.06. The van der Waals surface area contributed by atoms with E-state index >= 15 is 0 Å². The highest BCUT2D eigenvalue weighted by Gasteiger charge is 2.35. The SMILES string of the molecule is Cc1ccc2c(c1)N(S(C)(=O)=O)C[C@@H](C(=O)Nc1ccc(OC(F)(F)F)cc1)O2. The Morgan fingerprint density at radius 1 is 1.21 bits per heavy atom. The third kappa shape index (κ3) is 5.11. The van der Waals surface area contributed by atoms with Crippen LogP contribution in [0.2, 0.25) is 0 Å². The van der Waals surface area contributed by atoms with E-state index in [1.807, 2.05) is 0 Å². The van der Waals surface area contributed by atoms with E-state index in [9.17, 15) is 26.4 Å². The number of carbonyl (C=O) groups excluding carboxylic acids is 1. The Bertz CT molecular complexity index is 1020. The number of anilines is 2. The number of benzene rings is 2. The molecule has 0 radical (unpaired) electrons. The molecule has 0 unspecified atom stereocenters. The molecule has 0 aliphatic carbocycles. The van der Waals surface area contributed by atoms with E-state index in [0.717, 1.165) is 28.3 Å². The molecule has 0 spiro atoms. The Morgan fingerprint density at radius 2 is 1.86 bits per heavy atom. The monoisotopic (exact) mass is 430 g/mol. The van der Waals surface area contributed by atoms with E-state index in [0.29, 0.717) is 5.69 Å². The Hall–Kier alpha value is -2.95. The second-order valence-electron chi connectivity index (χ2n) is 6.43. The minimum absolute atomic E-state index is 0.203. The van der Waals surface area contributed by atoms with Crippen molar-refractivity contribution in [2.75, 3.05) is 22.4 Å². The van der Waals surface area contributed by atoms with Crippen molar-refractivity contribution < 1.29 is 35.9 Å². The Morgan fingerprint density at radius 3 is 2.45 bits per heavy atom. The van der Waals surface area contributed by atoms with Gasteiger partial charge in [0.15, 0.2) is 6.10 Å². The highest BCUT2D eigenvalue weighted by atomic mass is 32.2. The van der Waals surface area contributed by atoms with Gasteiger partial charge in [-0.05, 0) is 48.9 Å². The van der Waals surface area contributed by atoms with Gasteiger partial charge in [0.25, 0.3) is 5.91 Å². The molecule has 3 rings (SSSR count). The highest BCUT2D eigenvalue weighted by molar-refractivity contribution is 7.92. The average Bonchev–Trinajstić information content (AvgIpc) is 2.60. The van der Waals surface area contributed by atoms with Crippen LogP contribution in [0.4, 0.5) is 24.5 Å². The summed E-state index contributed by atoms with van der Waals surface area (Å²) in [6.07, 6.45) is -4.94. The van der Waals surface area contributed by atoms with Crippen molar-refractivity contribution >= 4 is 27.3 Å². The first-order chi connectivity index (χ1) is 13.4. The van der Waals surface area contributed by atoms with Gasteiger partial charge in [0.2, 0.25) is 10.0 Å². The van der Waals surface area contributed by atoms with Crippen LogP contribution in [0, 0.1) is 6.92 Å². The molecule has 0 aromatic heterocycles. The third-order valence-corrected chi connectivity index (χ3v) is 5.18. The molecular weight excluding hydrogens is 413 g/mol. The molecule has 156 valence electrons. The number of nitrogens with one attached hydrogen (secondary N) is 1. The Balaban J connectivity index is 1.77. The zero-order valence-electron chi connectivity index (χ0n) is 15.4. The number of ether oxygens (including phenoxy) is 2. The maximum atomic E-state index is 12.6. The zero-order chi connectivity index (χ0) is 21.4. The second-order valence-corrected chi connectivity index (χ2v) is 8.34. The molecule has 0 fully saturated rings. The lowest BCUT2D eigenvalue weighted by Gasteiger charge is -2.34. The first-order valence-corrected chi connectivity index (χ1v) is 10.2. The normalized spacial score (nSPS) is 16.6. The van der Waals surface area contributed by atoms with Crippen molar-refractivity contribution in [3.05, 3.63) is 48.0 Å². The topological polar surface area (TPSA) is 84.9 Å². The summed E-state index contributed by atoms with van der Waals surface area (Å²) in [6, 6.07) is 9.49. The molecule has 1 atom stereocenters. The lowest BCUT2D eigenvalue weighted by Crippen LogP contribution is -2.48. The van der Waals surface area contributed by atoms with E-state index in [2.05, 4.69) is 10.1 Å². The number of halogens is 3. The molecule has 1 amide bonds. The first-order valence-electron chi connectivity index (χ1n) is 8.34. The molecule has 29 heavy (non-hydrogen) atoms. The van der Waals surface area contributed by atoms with E-state index in [-0.39, 0.29) is 18.0 Å². The summed E-state index contributed by atoms with van der Waals surface area (Å²) >= 11 is 0. The van der Waals surface area contributed by atoms with Gasteiger partial charge in [-0.2, -0.15) is 0 Å². The molecule has 0 bridgehead atoms. The summed E-state index contributed by atoms with van der Waals surface area (Å²) in [5, 5.41) is 2.49. The number of fused-ring (bicyclic) bond motifs is 1. The molecule has 2 aromatic rings. The number of nitrogens with zero attached hydrogens (tertiary/aromatic N) is 1. The van der Waals surface area contributed by atoms with Gasteiger partial charge >= 0.3 is 6.36 Å². The van der Waals surface area contributed by atoms with Gasteiger partial charge in [0.05, 0.1) is 18.5 Å². The van der Waals surface area contributed by atoms with Crippen molar-refractivity contribution in [3.63, 3.8) is 0 Å². The van der Waals surface area contributed by atoms with Crippen molar-refractivity contribution in [3.8, 4) is 11.5 Å². The largest absolute Gasteiger partial charge is 0.573 e. The minimum Gasteiger partial charge on any atom is -0.476 e. The summed E-state index contributed by atoms with van der Waals surface area (Å²) in [5.74, 6) is -0.840. The molecule has 1 aliphatic heterocycles. The van der Waals surface area contributed by atoms with Crippen molar-refractivity contribution in [2.24, 2.45) is 0 Å². The summed E-state index contributed by atoms with van der Waals surface area (Å²) in [6.45, 7) is 1.56. The van der Waals surface area contributed by atoms with Gasteiger partial charge in [0, 0.05) is 5.69 Å². The maximum absolute atomic E-state index is 12.6. The molecule has 1 heterocycles. The quantitative estimate of drug-likeness (QED) is 0.806. The number of alkyl halides is 3. The van der Waals surface area contributed by atoms with Crippen molar-refractivity contribution in [1.29, 1.82) is 0 Å². The van der Waals surface area contributed by atoms with Gasteiger partial charge in [0.1, 0.15) is 11.5 Å². The van der Waals surface area contributed by atoms with Crippen LogP contribution >= 0.6 is 0 Å². The van der Waals surface area contributed by atoms with Gasteiger partial charge in [-0.3, -0.25) is 9.10 Å². The fourth-order valence-corrected chi connectivity index (χ4v) is 3.68. The molecule has 0 saturated heterocycles.